The molecule has 3 aromatic heterocycles. The van der Waals surface area contributed by atoms with Gasteiger partial charge < -0.3 is 14.4 Å². The molecule has 0 saturated heterocycles. The van der Waals surface area contributed by atoms with E-state index in [-0.39, 0.29) is 12.5 Å². The van der Waals surface area contributed by atoms with E-state index in [1.807, 2.05) is 35.7 Å². The van der Waals surface area contributed by atoms with Crippen molar-refractivity contribution in [2.45, 2.75) is 13.1 Å². The topological polar surface area (TPSA) is 85.8 Å². The van der Waals surface area contributed by atoms with E-state index in [1.165, 1.54) is 11.3 Å². The maximum Gasteiger partial charge on any atom is 0.268 e. The molecule has 0 saturated carbocycles. The first-order valence-electron chi connectivity index (χ1n) is 8.08. The minimum Gasteiger partial charge on any atom is -0.350 e. The maximum absolute atomic E-state index is 12.1. The van der Waals surface area contributed by atoms with Crippen LogP contribution in [0.1, 0.15) is 5.56 Å². The van der Waals surface area contributed by atoms with E-state index in [9.17, 15) is 4.79 Å². The molecule has 0 fully saturated rings. The summed E-state index contributed by atoms with van der Waals surface area (Å²) in [5.41, 5.74) is 1.49. The lowest BCUT2D eigenvalue weighted by Crippen LogP contribution is -2.26. The van der Waals surface area contributed by atoms with Gasteiger partial charge in [0.2, 0.25) is 11.7 Å². The summed E-state index contributed by atoms with van der Waals surface area (Å²) in [6.07, 6.45) is 3.28. The van der Waals surface area contributed by atoms with E-state index in [4.69, 9.17) is 16.1 Å². The van der Waals surface area contributed by atoms with E-state index in [1.54, 1.807) is 23.2 Å². The molecular formula is C18H14ClN5O2S. The van der Waals surface area contributed by atoms with E-state index in [2.05, 4.69) is 20.4 Å². The molecule has 4 rings (SSSR count). The quantitative estimate of drug-likeness (QED) is 0.535. The van der Waals surface area contributed by atoms with Gasteiger partial charge in [-0.2, -0.15) is 4.98 Å². The van der Waals surface area contributed by atoms with Crippen molar-refractivity contribution in [1.82, 2.24) is 25.0 Å². The van der Waals surface area contributed by atoms with Crippen LogP contribution in [-0.2, 0) is 17.9 Å². The number of nitrogens with one attached hydrogen (secondary N) is 1. The first-order chi connectivity index (χ1) is 13.2. The molecule has 0 atom stereocenters. The smallest absolute Gasteiger partial charge is 0.268 e. The van der Waals surface area contributed by atoms with Crippen LogP contribution in [-0.4, -0.2) is 25.6 Å². The summed E-state index contributed by atoms with van der Waals surface area (Å²) in [5.74, 6) is 0.705. The zero-order valence-corrected chi connectivity index (χ0v) is 15.6. The number of benzene rings is 1. The number of halogens is 1. The molecule has 136 valence electrons. The third-order valence-electron chi connectivity index (χ3n) is 3.73. The van der Waals surface area contributed by atoms with Crippen LogP contribution in [0.25, 0.3) is 22.3 Å². The van der Waals surface area contributed by atoms with Crippen LogP contribution in [0.5, 0.6) is 0 Å². The number of aromatic nitrogens is 4. The van der Waals surface area contributed by atoms with Crippen LogP contribution in [0.2, 0.25) is 5.02 Å². The van der Waals surface area contributed by atoms with Gasteiger partial charge >= 0.3 is 0 Å². The van der Waals surface area contributed by atoms with Crippen molar-refractivity contribution in [3.05, 3.63) is 64.9 Å². The number of hydrogen-bond donors (Lipinski definition) is 1. The van der Waals surface area contributed by atoms with Crippen molar-refractivity contribution in [2.75, 3.05) is 0 Å². The van der Waals surface area contributed by atoms with Crippen molar-refractivity contribution >= 4 is 28.8 Å². The second kappa shape index (κ2) is 7.73. The molecule has 0 radical (unpaired) electrons. The van der Waals surface area contributed by atoms with Gasteiger partial charge in [-0.05, 0) is 29.1 Å². The average Bonchev–Trinajstić information content (AvgIpc) is 3.40. The number of carbonyl (C=O) groups is 1. The molecule has 0 spiro atoms. The summed E-state index contributed by atoms with van der Waals surface area (Å²) in [7, 11) is 0. The monoisotopic (exact) mass is 399 g/mol. The third kappa shape index (κ3) is 4.24. The predicted molar refractivity (Wildman–Crippen MR) is 102 cm³/mol. The standard InChI is InChI=1S/C18H14ClN5O2S/c19-13-4-1-3-12(7-13)8-20-16(25)10-24-9-14(21-11-24)17-22-18(26-23-17)15-5-2-6-27-15/h1-7,9,11H,8,10H2,(H,20,25). The van der Waals surface area contributed by atoms with Crippen LogP contribution in [0.15, 0.2) is 58.8 Å². The van der Waals surface area contributed by atoms with Crippen molar-refractivity contribution in [3.63, 3.8) is 0 Å². The van der Waals surface area contributed by atoms with Crippen molar-refractivity contribution in [1.29, 1.82) is 0 Å². The Bertz CT molecular complexity index is 1060. The summed E-state index contributed by atoms with van der Waals surface area (Å²) in [6.45, 7) is 0.555. The lowest BCUT2D eigenvalue weighted by molar-refractivity contribution is -0.121. The fraction of sp³-hybridized carbons (Fsp3) is 0.111. The molecular weight excluding hydrogens is 386 g/mol. The SMILES string of the molecule is O=C(Cn1cnc(-c2noc(-c3cccs3)n2)c1)NCc1cccc(Cl)c1. The fourth-order valence-electron chi connectivity index (χ4n) is 2.46. The number of carbonyl (C=O) groups excluding carboxylic acids is 1. The maximum atomic E-state index is 12.1. The Morgan fingerprint density at radius 2 is 2.22 bits per heavy atom. The van der Waals surface area contributed by atoms with Gasteiger partial charge in [-0.3, -0.25) is 4.79 Å². The van der Waals surface area contributed by atoms with Crippen molar-refractivity contribution in [2.24, 2.45) is 0 Å². The van der Waals surface area contributed by atoms with Gasteiger partial charge in [-0.25, -0.2) is 4.98 Å². The summed E-state index contributed by atoms with van der Waals surface area (Å²) in [4.78, 5) is 21.6. The number of nitrogens with zero attached hydrogens (tertiary/aromatic N) is 4. The Morgan fingerprint density at radius 3 is 3.04 bits per heavy atom. The Balaban J connectivity index is 1.37. The second-order valence-electron chi connectivity index (χ2n) is 5.74. The second-order valence-corrected chi connectivity index (χ2v) is 7.12. The molecule has 0 aliphatic heterocycles. The van der Waals surface area contributed by atoms with Gasteiger partial charge in [-0.15, -0.1) is 11.3 Å². The predicted octanol–water partition coefficient (Wildman–Crippen LogP) is 3.63. The van der Waals surface area contributed by atoms with Crippen LogP contribution < -0.4 is 5.32 Å². The fourth-order valence-corrected chi connectivity index (χ4v) is 3.32. The summed E-state index contributed by atoms with van der Waals surface area (Å²) in [6, 6.07) is 11.2. The van der Waals surface area contributed by atoms with Crippen LogP contribution in [0, 0.1) is 0 Å². The molecule has 0 unspecified atom stereocenters. The lowest BCUT2D eigenvalue weighted by Gasteiger charge is -2.06. The van der Waals surface area contributed by atoms with E-state index in [0.717, 1.165) is 10.4 Å². The van der Waals surface area contributed by atoms with E-state index < -0.39 is 0 Å². The molecule has 1 aromatic carbocycles. The first-order valence-corrected chi connectivity index (χ1v) is 9.34. The highest BCUT2D eigenvalue weighted by Gasteiger charge is 2.14. The summed E-state index contributed by atoms with van der Waals surface area (Å²) < 4.78 is 6.93. The van der Waals surface area contributed by atoms with Gasteiger partial charge in [0, 0.05) is 17.8 Å². The zero-order chi connectivity index (χ0) is 18.6. The largest absolute Gasteiger partial charge is 0.350 e. The van der Waals surface area contributed by atoms with Gasteiger partial charge in [0.1, 0.15) is 12.2 Å². The number of thiophene rings is 1. The zero-order valence-electron chi connectivity index (χ0n) is 14.0. The van der Waals surface area contributed by atoms with E-state index in [0.29, 0.717) is 29.0 Å². The Kier molecular flexibility index (Phi) is 4.99. The highest BCUT2D eigenvalue weighted by atomic mass is 35.5. The average molecular weight is 400 g/mol. The highest BCUT2D eigenvalue weighted by molar-refractivity contribution is 7.13. The normalized spacial score (nSPS) is 10.9. The lowest BCUT2D eigenvalue weighted by atomic mass is 10.2. The summed E-state index contributed by atoms with van der Waals surface area (Å²) >= 11 is 7.46. The van der Waals surface area contributed by atoms with Crippen LogP contribution in [0.4, 0.5) is 0 Å². The number of amides is 1. The molecule has 0 aliphatic rings. The Morgan fingerprint density at radius 1 is 1.30 bits per heavy atom. The third-order valence-corrected chi connectivity index (χ3v) is 4.82. The molecule has 0 bridgehead atoms. The molecule has 27 heavy (non-hydrogen) atoms. The van der Waals surface area contributed by atoms with Gasteiger partial charge in [-0.1, -0.05) is 35.0 Å². The van der Waals surface area contributed by atoms with Gasteiger partial charge in [0.15, 0.2) is 0 Å². The Labute approximate surface area is 163 Å². The van der Waals surface area contributed by atoms with Crippen molar-refractivity contribution in [3.8, 4) is 22.3 Å². The molecule has 1 amide bonds. The summed E-state index contributed by atoms with van der Waals surface area (Å²) in [5, 5.41) is 9.38. The first kappa shape index (κ1) is 17.4. The molecule has 3 heterocycles. The Hall–Kier alpha value is -2.97. The van der Waals surface area contributed by atoms with Gasteiger partial charge in [0.05, 0.1) is 11.2 Å². The van der Waals surface area contributed by atoms with Crippen LogP contribution >= 0.6 is 22.9 Å². The molecule has 1 N–H and O–H groups in total. The molecule has 7 nitrogen and oxygen atoms in total. The number of rotatable bonds is 6. The van der Waals surface area contributed by atoms with E-state index >= 15 is 0 Å². The minimum absolute atomic E-state index is 0.133. The molecule has 0 aliphatic carbocycles. The van der Waals surface area contributed by atoms with Crippen LogP contribution in [0.3, 0.4) is 0 Å². The number of imidazole rings is 1. The molecule has 9 heteroatoms. The minimum atomic E-state index is -0.133. The van der Waals surface area contributed by atoms with Gasteiger partial charge in [0.25, 0.3) is 5.89 Å². The van der Waals surface area contributed by atoms with Crippen molar-refractivity contribution < 1.29 is 9.32 Å². The molecule has 4 aromatic rings. The number of hydrogen-bond acceptors (Lipinski definition) is 6. The highest BCUT2D eigenvalue weighted by Crippen LogP contribution is 2.24.